The molecule has 1 amide bonds. The summed E-state index contributed by atoms with van der Waals surface area (Å²) in [5.74, 6) is 0.0392. The Labute approximate surface area is 111 Å². The Morgan fingerprint density at radius 2 is 2.06 bits per heavy atom. The summed E-state index contributed by atoms with van der Waals surface area (Å²) in [5, 5.41) is 2.97. The van der Waals surface area contributed by atoms with Gasteiger partial charge in [-0.1, -0.05) is 37.3 Å². The van der Waals surface area contributed by atoms with Gasteiger partial charge >= 0.3 is 0 Å². The minimum atomic E-state index is -0.212. The van der Waals surface area contributed by atoms with Crippen LogP contribution in [0.1, 0.15) is 28.8 Å². The number of amides is 1. The molecular formula is C14H14ClNO2. The Hall–Kier alpha value is -1.74. The Bertz CT molecular complexity index is 522. The van der Waals surface area contributed by atoms with Crippen LogP contribution in [0.2, 0.25) is 5.22 Å². The maximum absolute atomic E-state index is 11.8. The van der Waals surface area contributed by atoms with Crippen LogP contribution >= 0.6 is 11.6 Å². The number of benzene rings is 1. The van der Waals surface area contributed by atoms with Gasteiger partial charge in [0.25, 0.3) is 5.91 Å². The fourth-order valence-corrected chi connectivity index (χ4v) is 1.90. The molecule has 1 aromatic heterocycles. The molecule has 1 unspecified atom stereocenters. The molecule has 0 saturated carbocycles. The number of rotatable bonds is 4. The van der Waals surface area contributed by atoms with Gasteiger partial charge in [-0.25, -0.2) is 0 Å². The number of halogens is 1. The lowest BCUT2D eigenvalue weighted by Gasteiger charge is -2.12. The number of carbonyl (C=O) groups excluding carboxylic acids is 1. The third-order valence-electron chi connectivity index (χ3n) is 2.80. The number of hydrogen-bond acceptors (Lipinski definition) is 2. The summed E-state index contributed by atoms with van der Waals surface area (Å²) >= 11 is 5.74. The first kappa shape index (κ1) is 12.7. The van der Waals surface area contributed by atoms with Crippen LogP contribution in [0.4, 0.5) is 0 Å². The van der Waals surface area contributed by atoms with Crippen LogP contribution in [0, 0.1) is 0 Å². The normalized spacial score (nSPS) is 12.1. The van der Waals surface area contributed by atoms with Crippen LogP contribution in [-0.2, 0) is 0 Å². The van der Waals surface area contributed by atoms with Crippen molar-refractivity contribution in [1.29, 1.82) is 0 Å². The van der Waals surface area contributed by atoms with Crippen LogP contribution in [0.15, 0.2) is 47.1 Å². The molecule has 0 radical (unpaired) electrons. The molecule has 1 aromatic carbocycles. The molecule has 18 heavy (non-hydrogen) atoms. The first-order chi connectivity index (χ1) is 8.68. The lowest BCUT2D eigenvalue weighted by atomic mass is 10.0. The average Bonchev–Trinajstić information content (AvgIpc) is 2.83. The second-order valence-corrected chi connectivity index (χ2v) is 4.47. The monoisotopic (exact) mass is 263 g/mol. The molecule has 0 saturated heterocycles. The summed E-state index contributed by atoms with van der Waals surface area (Å²) in [5.41, 5.74) is 1.56. The third-order valence-corrected chi connectivity index (χ3v) is 3.09. The summed E-state index contributed by atoms with van der Waals surface area (Å²) in [6, 6.07) is 11.6. The van der Waals surface area contributed by atoms with Gasteiger partial charge in [0.05, 0.1) is 11.8 Å². The fraction of sp³-hybridized carbons (Fsp3) is 0.214. The van der Waals surface area contributed by atoms with Crippen LogP contribution < -0.4 is 5.32 Å². The summed E-state index contributed by atoms with van der Waals surface area (Å²) in [7, 11) is 0. The van der Waals surface area contributed by atoms with E-state index in [1.54, 1.807) is 6.07 Å². The van der Waals surface area contributed by atoms with Crippen LogP contribution in [0.5, 0.6) is 0 Å². The van der Waals surface area contributed by atoms with Crippen LogP contribution in [0.3, 0.4) is 0 Å². The van der Waals surface area contributed by atoms with Gasteiger partial charge in [0.15, 0.2) is 0 Å². The van der Waals surface area contributed by atoms with E-state index in [1.807, 2.05) is 30.3 Å². The van der Waals surface area contributed by atoms with E-state index in [1.165, 1.54) is 11.8 Å². The van der Waals surface area contributed by atoms with Crippen molar-refractivity contribution in [3.05, 3.63) is 59.0 Å². The van der Waals surface area contributed by atoms with Gasteiger partial charge in [-0.2, -0.15) is 0 Å². The summed E-state index contributed by atoms with van der Waals surface area (Å²) in [6.45, 7) is 2.62. The lowest BCUT2D eigenvalue weighted by molar-refractivity contribution is 0.0951. The van der Waals surface area contributed by atoms with Crippen molar-refractivity contribution in [3.8, 4) is 0 Å². The highest BCUT2D eigenvalue weighted by Gasteiger charge is 2.14. The van der Waals surface area contributed by atoms with Crippen LogP contribution in [0.25, 0.3) is 0 Å². The van der Waals surface area contributed by atoms with Gasteiger partial charge in [-0.15, -0.1) is 0 Å². The van der Waals surface area contributed by atoms with Crippen molar-refractivity contribution in [2.24, 2.45) is 0 Å². The van der Waals surface area contributed by atoms with E-state index in [0.29, 0.717) is 12.1 Å². The van der Waals surface area contributed by atoms with E-state index >= 15 is 0 Å². The van der Waals surface area contributed by atoms with E-state index in [0.717, 1.165) is 0 Å². The van der Waals surface area contributed by atoms with Gasteiger partial charge in [0.1, 0.15) is 0 Å². The highest BCUT2D eigenvalue weighted by atomic mass is 35.5. The van der Waals surface area contributed by atoms with Crippen molar-refractivity contribution >= 4 is 17.5 Å². The maximum Gasteiger partial charge on any atom is 0.256 e. The predicted molar refractivity (Wildman–Crippen MR) is 70.9 cm³/mol. The third kappa shape index (κ3) is 2.93. The summed E-state index contributed by atoms with van der Waals surface area (Å²) in [6.07, 6.45) is 1.40. The molecule has 94 valence electrons. The average molecular weight is 264 g/mol. The van der Waals surface area contributed by atoms with Crippen molar-refractivity contribution < 1.29 is 9.21 Å². The number of furan rings is 1. The summed E-state index contributed by atoms with van der Waals surface area (Å²) < 4.78 is 4.88. The van der Waals surface area contributed by atoms with Gasteiger partial charge in [-0.05, 0) is 29.1 Å². The zero-order valence-corrected chi connectivity index (χ0v) is 10.8. The number of carbonyl (C=O) groups is 1. The molecule has 2 aromatic rings. The van der Waals surface area contributed by atoms with Gasteiger partial charge in [-0.3, -0.25) is 4.79 Å². The zero-order valence-electron chi connectivity index (χ0n) is 10.0. The van der Waals surface area contributed by atoms with E-state index in [4.69, 9.17) is 16.0 Å². The van der Waals surface area contributed by atoms with E-state index in [9.17, 15) is 4.79 Å². The highest BCUT2D eigenvalue weighted by molar-refractivity contribution is 6.32. The number of hydrogen-bond donors (Lipinski definition) is 1. The second kappa shape index (κ2) is 5.74. The molecule has 4 heteroatoms. The Morgan fingerprint density at radius 3 is 2.67 bits per heavy atom. The molecule has 1 heterocycles. The molecule has 0 aliphatic rings. The SMILES string of the molecule is CC(CNC(=O)c1ccoc1Cl)c1ccccc1. The van der Waals surface area contributed by atoms with Gasteiger partial charge in [0.2, 0.25) is 5.22 Å². The van der Waals surface area contributed by atoms with E-state index in [2.05, 4.69) is 12.2 Å². The topological polar surface area (TPSA) is 42.2 Å². The molecule has 3 nitrogen and oxygen atoms in total. The molecule has 2 rings (SSSR count). The standard InChI is InChI=1S/C14H14ClNO2/c1-10(11-5-3-2-4-6-11)9-16-14(17)12-7-8-18-13(12)15/h2-8,10H,9H2,1H3,(H,16,17). The molecule has 0 aliphatic heterocycles. The molecule has 0 bridgehead atoms. The Kier molecular flexibility index (Phi) is 4.05. The molecule has 1 N–H and O–H groups in total. The lowest BCUT2D eigenvalue weighted by Crippen LogP contribution is -2.27. The smallest absolute Gasteiger partial charge is 0.256 e. The first-order valence-electron chi connectivity index (χ1n) is 5.74. The molecule has 0 aliphatic carbocycles. The Balaban J connectivity index is 1.93. The minimum absolute atomic E-state index is 0.125. The second-order valence-electron chi connectivity index (χ2n) is 4.13. The molecular weight excluding hydrogens is 250 g/mol. The fourth-order valence-electron chi connectivity index (χ4n) is 1.70. The first-order valence-corrected chi connectivity index (χ1v) is 6.12. The largest absolute Gasteiger partial charge is 0.452 e. The molecule has 0 spiro atoms. The van der Waals surface area contributed by atoms with Gasteiger partial charge < -0.3 is 9.73 Å². The van der Waals surface area contributed by atoms with Crippen molar-refractivity contribution in [1.82, 2.24) is 5.32 Å². The Morgan fingerprint density at radius 1 is 1.33 bits per heavy atom. The predicted octanol–water partition coefficient (Wildman–Crippen LogP) is 3.47. The summed E-state index contributed by atoms with van der Waals surface area (Å²) in [4.78, 5) is 11.8. The minimum Gasteiger partial charge on any atom is -0.452 e. The maximum atomic E-state index is 11.8. The van der Waals surface area contributed by atoms with Crippen molar-refractivity contribution in [2.45, 2.75) is 12.8 Å². The molecule has 1 atom stereocenters. The zero-order chi connectivity index (χ0) is 13.0. The molecule has 0 fully saturated rings. The van der Waals surface area contributed by atoms with Crippen molar-refractivity contribution in [3.63, 3.8) is 0 Å². The quantitative estimate of drug-likeness (QED) is 0.918. The van der Waals surface area contributed by atoms with Crippen LogP contribution in [-0.4, -0.2) is 12.5 Å². The van der Waals surface area contributed by atoms with Gasteiger partial charge in [0, 0.05) is 6.54 Å². The van der Waals surface area contributed by atoms with E-state index < -0.39 is 0 Å². The highest BCUT2D eigenvalue weighted by Crippen LogP contribution is 2.17. The van der Waals surface area contributed by atoms with E-state index in [-0.39, 0.29) is 17.0 Å². The van der Waals surface area contributed by atoms with Crippen molar-refractivity contribution in [2.75, 3.05) is 6.54 Å². The number of nitrogens with one attached hydrogen (secondary N) is 1.